The summed E-state index contributed by atoms with van der Waals surface area (Å²) in [5.41, 5.74) is 6.63. The molecule has 248 valence electrons. The smallest absolute Gasteiger partial charge is 0.312 e. The van der Waals surface area contributed by atoms with E-state index in [-0.39, 0.29) is 17.9 Å². The standard InChI is InChI=1S/C21H19F2N3O2S.C10H14N4O4/c1-29-12-13-7-20-25-19-10-16(17(23)11-24-19)15-4-3-14(22)9-18(15)27-5-2-6-28-21(8-13)26-20;11-10(18)13-5-1-4-12-7(15)6-14-8(16)2-3-9(14)17/h3-4,7-11H,2,5-6,12H2,1H3,(H,24,25,26);2-3H,1,4-6H2,(H,12,15)(H3,11,13,18). The van der Waals surface area contributed by atoms with Crippen molar-refractivity contribution >= 4 is 47.2 Å². The number of ether oxygens (including phenoxy) is 2. The van der Waals surface area contributed by atoms with E-state index in [1.165, 1.54) is 18.2 Å². The summed E-state index contributed by atoms with van der Waals surface area (Å²) in [5, 5.41) is 8.00. The molecular formula is C31H33F2N7O6S. The third-order valence-electron chi connectivity index (χ3n) is 6.49. The van der Waals surface area contributed by atoms with E-state index in [0.717, 1.165) is 34.6 Å². The van der Waals surface area contributed by atoms with Crippen molar-refractivity contribution in [3.8, 4) is 22.8 Å². The molecule has 1 aromatic carbocycles. The van der Waals surface area contributed by atoms with E-state index in [0.29, 0.717) is 62.2 Å². The lowest BCUT2D eigenvalue weighted by atomic mass is 10.0. The molecule has 4 heterocycles. The Labute approximate surface area is 273 Å². The lowest BCUT2D eigenvalue weighted by Crippen LogP contribution is -2.41. The predicted molar refractivity (Wildman–Crippen MR) is 171 cm³/mol. The van der Waals surface area contributed by atoms with Crippen LogP contribution >= 0.6 is 11.8 Å². The summed E-state index contributed by atoms with van der Waals surface area (Å²) in [4.78, 5) is 53.4. The molecule has 5 N–H and O–H groups in total. The van der Waals surface area contributed by atoms with E-state index in [9.17, 15) is 28.0 Å². The van der Waals surface area contributed by atoms with Crippen LogP contribution in [0.3, 0.4) is 0 Å². The molecule has 3 aromatic rings. The van der Waals surface area contributed by atoms with Crippen LogP contribution in [-0.2, 0) is 20.1 Å². The number of hydrogen-bond donors (Lipinski definition) is 4. The zero-order chi connectivity index (χ0) is 33.8. The van der Waals surface area contributed by atoms with Crippen LogP contribution in [0.15, 0.2) is 54.7 Å². The highest BCUT2D eigenvalue weighted by molar-refractivity contribution is 7.97. The monoisotopic (exact) mass is 669 g/mol. The van der Waals surface area contributed by atoms with E-state index in [1.807, 2.05) is 18.4 Å². The molecule has 0 saturated heterocycles. The van der Waals surface area contributed by atoms with Crippen LogP contribution in [0.1, 0.15) is 18.4 Å². The SMILES string of the molecule is CSCc1cc2nc(c1)OCCCOc1cc(F)ccc1-c1cc(ncc1F)N2.NC(=O)NCCCNC(=O)CN1C(=O)C=CC1=O. The van der Waals surface area contributed by atoms with Gasteiger partial charge in [0.15, 0.2) is 0 Å². The summed E-state index contributed by atoms with van der Waals surface area (Å²) in [6, 6.07) is 8.78. The van der Waals surface area contributed by atoms with Crippen molar-refractivity contribution in [1.82, 2.24) is 25.5 Å². The number of fused-ring (bicyclic) bond motifs is 6. The van der Waals surface area contributed by atoms with Crippen LogP contribution in [-0.4, -0.2) is 77.7 Å². The molecule has 4 bridgehead atoms. The predicted octanol–water partition coefficient (Wildman–Crippen LogP) is 3.28. The molecule has 2 aromatic heterocycles. The number of aromatic nitrogens is 2. The molecule has 5 rings (SSSR count). The second kappa shape index (κ2) is 16.9. The Kier molecular flexibility index (Phi) is 12.4. The topological polar surface area (TPSA) is 178 Å². The van der Waals surface area contributed by atoms with Gasteiger partial charge in [-0.15, -0.1) is 0 Å². The molecule has 0 radical (unpaired) electrons. The Hall–Kier alpha value is -5.25. The number of benzene rings is 1. The van der Waals surface area contributed by atoms with Crippen LogP contribution in [0.4, 0.5) is 25.2 Å². The number of pyridine rings is 2. The quantitative estimate of drug-likeness (QED) is 0.206. The van der Waals surface area contributed by atoms with Crippen molar-refractivity contribution in [3.63, 3.8) is 0 Å². The van der Waals surface area contributed by atoms with Crippen molar-refractivity contribution < 1.29 is 37.4 Å². The first-order valence-corrected chi connectivity index (χ1v) is 15.8. The number of hydrogen-bond acceptors (Lipinski definition) is 10. The Morgan fingerprint density at radius 1 is 1.00 bits per heavy atom. The van der Waals surface area contributed by atoms with Gasteiger partial charge in [-0.3, -0.25) is 19.3 Å². The summed E-state index contributed by atoms with van der Waals surface area (Å²) in [6.45, 7) is 1.05. The highest BCUT2D eigenvalue weighted by atomic mass is 32.2. The average molecular weight is 670 g/mol. The van der Waals surface area contributed by atoms with E-state index in [1.54, 1.807) is 17.8 Å². The molecule has 0 unspecified atom stereocenters. The van der Waals surface area contributed by atoms with Gasteiger partial charge in [-0.2, -0.15) is 16.7 Å². The number of carbonyl (C=O) groups excluding carboxylic acids is 4. The molecular weight excluding hydrogens is 636 g/mol. The molecule has 13 nitrogen and oxygen atoms in total. The Bertz CT molecular complexity index is 1640. The second-order valence-corrected chi connectivity index (χ2v) is 11.0. The first kappa shape index (κ1) is 34.6. The highest BCUT2D eigenvalue weighted by Gasteiger charge is 2.25. The van der Waals surface area contributed by atoms with Crippen LogP contribution in [0, 0.1) is 11.6 Å². The van der Waals surface area contributed by atoms with Crippen LogP contribution < -0.4 is 31.2 Å². The number of nitrogens with zero attached hydrogens (tertiary/aromatic N) is 3. The van der Waals surface area contributed by atoms with Crippen LogP contribution in [0.5, 0.6) is 11.6 Å². The Morgan fingerprint density at radius 2 is 1.74 bits per heavy atom. The van der Waals surface area contributed by atoms with Gasteiger partial charge < -0.3 is 31.2 Å². The molecule has 2 aliphatic rings. The number of anilines is 2. The summed E-state index contributed by atoms with van der Waals surface area (Å²) >= 11 is 1.69. The van der Waals surface area contributed by atoms with Gasteiger partial charge in [-0.25, -0.2) is 18.6 Å². The minimum atomic E-state index is -0.624. The summed E-state index contributed by atoms with van der Waals surface area (Å²) in [6.07, 6.45) is 6.45. The van der Waals surface area contributed by atoms with Crippen LogP contribution in [0.25, 0.3) is 11.1 Å². The van der Waals surface area contributed by atoms with Gasteiger partial charge in [-0.05, 0) is 42.5 Å². The third kappa shape index (κ3) is 10.4. The maximum atomic E-state index is 14.6. The minimum Gasteiger partial charge on any atom is -0.493 e. The normalized spacial score (nSPS) is 13.6. The van der Waals surface area contributed by atoms with Crippen molar-refractivity contribution in [2.24, 2.45) is 5.73 Å². The number of imide groups is 1. The number of halogens is 2. The van der Waals surface area contributed by atoms with Gasteiger partial charge in [0.25, 0.3) is 11.8 Å². The van der Waals surface area contributed by atoms with Crippen molar-refractivity contribution in [2.45, 2.75) is 18.6 Å². The van der Waals surface area contributed by atoms with Gasteiger partial charge in [-0.1, -0.05) is 0 Å². The summed E-state index contributed by atoms with van der Waals surface area (Å²) < 4.78 is 39.8. The molecule has 2 aliphatic heterocycles. The van der Waals surface area contributed by atoms with Gasteiger partial charge in [0, 0.05) is 60.7 Å². The van der Waals surface area contributed by atoms with Gasteiger partial charge in [0.2, 0.25) is 11.8 Å². The summed E-state index contributed by atoms with van der Waals surface area (Å²) in [5.74, 6) is 0.148. The second-order valence-electron chi connectivity index (χ2n) is 10.1. The first-order chi connectivity index (χ1) is 22.6. The molecule has 47 heavy (non-hydrogen) atoms. The number of carbonyl (C=O) groups is 4. The number of primary amides is 1. The molecule has 5 amide bonds. The maximum Gasteiger partial charge on any atom is 0.312 e. The Morgan fingerprint density at radius 3 is 2.49 bits per heavy atom. The van der Waals surface area contributed by atoms with Crippen molar-refractivity contribution in [3.05, 3.63) is 71.9 Å². The molecule has 0 saturated carbocycles. The maximum absolute atomic E-state index is 14.6. The van der Waals surface area contributed by atoms with E-state index < -0.39 is 35.4 Å². The molecule has 0 aliphatic carbocycles. The number of nitrogens with two attached hydrogens (primary N) is 1. The molecule has 16 heteroatoms. The Balaban J connectivity index is 0.000000240. The average Bonchev–Trinajstić information content (AvgIpc) is 3.34. The largest absolute Gasteiger partial charge is 0.493 e. The first-order valence-electron chi connectivity index (χ1n) is 14.4. The van der Waals surface area contributed by atoms with Crippen LogP contribution in [0.2, 0.25) is 0 Å². The van der Waals surface area contributed by atoms with Gasteiger partial charge in [0.05, 0.1) is 19.4 Å². The number of thioether (sulfide) groups is 1. The molecule has 0 fully saturated rings. The number of urea groups is 1. The number of amides is 5. The fraction of sp³-hybridized carbons (Fsp3) is 0.290. The fourth-order valence-corrected chi connectivity index (χ4v) is 4.86. The minimum absolute atomic E-state index is 0.270. The zero-order valence-electron chi connectivity index (χ0n) is 25.4. The number of nitrogens with one attached hydrogen (secondary N) is 3. The van der Waals surface area contributed by atoms with E-state index >= 15 is 0 Å². The third-order valence-corrected chi connectivity index (χ3v) is 7.11. The summed E-state index contributed by atoms with van der Waals surface area (Å²) in [7, 11) is 0. The van der Waals surface area contributed by atoms with E-state index in [2.05, 4.69) is 25.9 Å². The van der Waals surface area contributed by atoms with Gasteiger partial charge >= 0.3 is 6.03 Å². The number of rotatable bonds is 8. The van der Waals surface area contributed by atoms with Crippen molar-refractivity contribution in [1.29, 1.82) is 0 Å². The molecule has 0 spiro atoms. The van der Waals surface area contributed by atoms with E-state index in [4.69, 9.17) is 15.2 Å². The van der Waals surface area contributed by atoms with Crippen molar-refractivity contribution in [2.75, 3.05) is 44.4 Å². The fourth-order valence-electron chi connectivity index (χ4n) is 4.36. The van der Waals surface area contributed by atoms with Gasteiger partial charge in [0.1, 0.15) is 35.6 Å². The highest BCUT2D eigenvalue weighted by Crippen LogP contribution is 2.34. The lowest BCUT2D eigenvalue weighted by Gasteiger charge is -2.16. The molecule has 0 atom stereocenters. The zero-order valence-corrected chi connectivity index (χ0v) is 26.2. The lowest BCUT2D eigenvalue weighted by molar-refractivity contribution is -0.141.